The van der Waals surface area contributed by atoms with Crippen molar-refractivity contribution in [3.05, 3.63) is 215 Å². The monoisotopic (exact) mass is 1480 g/mol. The van der Waals surface area contributed by atoms with E-state index in [1.807, 2.05) is 125 Å². The van der Waals surface area contributed by atoms with E-state index >= 15 is 0 Å². The Morgan fingerprint density at radius 2 is 0.472 bits per heavy atom. The van der Waals surface area contributed by atoms with Crippen LogP contribution in [0.2, 0.25) is 0 Å². The van der Waals surface area contributed by atoms with E-state index in [2.05, 4.69) is 336 Å². The molecule has 0 heterocycles. The average molecular weight is 1480 g/mol. The molecule has 612 valence electrons. The van der Waals surface area contributed by atoms with Crippen LogP contribution < -0.4 is 0 Å². The molecule has 0 N–H and O–H groups in total. The van der Waals surface area contributed by atoms with Gasteiger partial charge in [-0.3, -0.25) is 0 Å². The third-order valence-electron chi connectivity index (χ3n) is 18.3. The minimum absolute atomic E-state index is 1.08. The molecular formula is C102H174N6. The summed E-state index contributed by atoms with van der Waals surface area (Å²) in [6, 6.07) is 65.8. The van der Waals surface area contributed by atoms with Crippen molar-refractivity contribution in [2.75, 3.05) is 119 Å². The number of hydrogen-bond acceptors (Lipinski definition) is 6. The molecule has 0 fully saturated rings. The van der Waals surface area contributed by atoms with Crippen LogP contribution in [-0.2, 0) is 19.3 Å². The predicted octanol–water partition coefficient (Wildman–Crippen LogP) is 29.4. The zero-order chi connectivity index (χ0) is 83.8. The lowest BCUT2D eigenvalue weighted by Crippen LogP contribution is -2.21. The van der Waals surface area contributed by atoms with Gasteiger partial charge in [0.05, 0.1) is 0 Å². The van der Waals surface area contributed by atoms with Crippen molar-refractivity contribution in [3.8, 4) is 33.4 Å². The number of benzene rings is 9. The van der Waals surface area contributed by atoms with Gasteiger partial charge in [-0.2, -0.15) is 0 Å². The second-order valence-electron chi connectivity index (χ2n) is 23.3. The van der Waals surface area contributed by atoms with Crippen LogP contribution in [-0.4, -0.2) is 149 Å². The van der Waals surface area contributed by atoms with Gasteiger partial charge in [-0.15, -0.1) is 0 Å². The third kappa shape index (κ3) is 42.1. The average Bonchev–Trinajstić information content (AvgIpc) is 1.62. The van der Waals surface area contributed by atoms with Crippen LogP contribution in [0.25, 0.3) is 65.7 Å². The van der Waals surface area contributed by atoms with Gasteiger partial charge in [0.2, 0.25) is 0 Å². The maximum Gasteiger partial charge on any atom is -0.000729 e. The van der Waals surface area contributed by atoms with Crippen molar-refractivity contribution in [1.29, 1.82) is 0 Å². The molecule has 0 atom stereocenters. The van der Waals surface area contributed by atoms with E-state index in [0.717, 1.165) is 58.5 Å². The Balaban J connectivity index is -0.000000273. The Kier molecular flexibility index (Phi) is 80.4. The first kappa shape index (κ1) is 112. The zero-order valence-corrected chi connectivity index (χ0v) is 77.7. The lowest BCUT2D eigenvalue weighted by atomic mass is 9.98. The lowest BCUT2D eigenvalue weighted by Gasteiger charge is -2.13. The molecule has 0 bridgehead atoms. The summed E-state index contributed by atoms with van der Waals surface area (Å²) in [6.45, 7) is 86.3. The number of hydrogen-bond donors (Lipinski definition) is 0. The first-order valence-corrected chi connectivity index (χ1v) is 43.8. The molecule has 0 aromatic heterocycles. The van der Waals surface area contributed by atoms with Gasteiger partial charge in [0, 0.05) is 0 Å². The van der Waals surface area contributed by atoms with E-state index in [1.165, 1.54) is 158 Å². The molecule has 3 aliphatic carbocycles. The van der Waals surface area contributed by atoms with Crippen molar-refractivity contribution in [1.82, 2.24) is 29.4 Å². The van der Waals surface area contributed by atoms with Crippen molar-refractivity contribution >= 4 is 32.3 Å². The summed E-state index contributed by atoms with van der Waals surface area (Å²) < 4.78 is 0. The molecule has 9 aromatic rings. The van der Waals surface area contributed by atoms with Crippen LogP contribution in [0, 0.1) is 0 Å². The maximum absolute atomic E-state index is 2.38. The quantitative estimate of drug-likeness (QED) is 0.101. The van der Waals surface area contributed by atoms with Gasteiger partial charge < -0.3 is 29.4 Å². The first-order chi connectivity index (χ1) is 52.7. The van der Waals surface area contributed by atoms with Crippen LogP contribution in [0.4, 0.5) is 0 Å². The summed E-state index contributed by atoms with van der Waals surface area (Å²) in [6.07, 6.45) is 3.24. The van der Waals surface area contributed by atoms with Gasteiger partial charge in [0.15, 0.2) is 0 Å². The molecule has 3 aliphatic rings. The number of nitrogens with zero attached hydrogens (tertiary/aromatic N) is 6. The molecule has 0 saturated heterocycles. The minimum atomic E-state index is 1.08. The fraction of sp³-hybridized carbons (Fsp3) is 0.529. The van der Waals surface area contributed by atoms with Gasteiger partial charge in [0.25, 0.3) is 0 Å². The first-order valence-electron chi connectivity index (χ1n) is 43.8. The molecule has 108 heavy (non-hydrogen) atoms. The zero-order valence-electron chi connectivity index (χ0n) is 77.7. The summed E-state index contributed by atoms with van der Waals surface area (Å²) in [5.41, 5.74) is 17.3. The predicted molar refractivity (Wildman–Crippen MR) is 506 cm³/mol. The summed E-state index contributed by atoms with van der Waals surface area (Å²) in [5.74, 6) is 0. The molecule has 0 amide bonds. The fourth-order valence-electron chi connectivity index (χ4n) is 11.3. The lowest BCUT2D eigenvalue weighted by molar-refractivity contribution is 0.321. The summed E-state index contributed by atoms with van der Waals surface area (Å²) in [5, 5.41) is 8.15. The summed E-state index contributed by atoms with van der Waals surface area (Å²) in [4.78, 5) is 13.9. The van der Waals surface area contributed by atoms with Gasteiger partial charge in [-0.25, -0.2) is 0 Å². The highest BCUT2D eigenvalue weighted by atomic mass is 15.1. The normalized spacial score (nSPS) is 10.1. The van der Waals surface area contributed by atoms with Crippen molar-refractivity contribution in [3.63, 3.8) is 0 Å². The van der Waals surface area contributed by atoms with E-state index < -0.39 is 0 Å². The van der Waals surface area contributed by atoms with Crippen LogP contribution in [0.5, 0.6) is 0 Å². The van der Waals surface area contributed by atoms with Gasteiger partial charge in [-0.1, -0.05) is 404 Å². The molecule has 0 radical (unpaired) electrons. The van der Waals surface area contributed by atoms with Crippen LogP contribution in [0.1, 0.15) is 262 Å². The second kappa shape index (κ2) is 77.3. The minimum Gasteiger partial charge on any atom is -0.307 e. The SMILES string of the molecule is CC.CC.CC.CC.CC.CC.CC.CC.CC.CCN(C)CC.CCN(C)CC.CCN(C)CC.CCN(CC)CC.CCN(CC)CC.CCN(CC)CC.c1ccc2c(c1)Cc1c-2ccc2ccccc12.c1ccc2c(c1)Cc1cc3ccccc3cc1-2.c1ccc2c(c1)Cc1ccc3ccccc3c1-2. The third-order valence-corrected chi connectivity index (χ3v) is 18.3. The Morgan fingerprint density at radius 1 is 0.204 bits per heavy atom. The van der Waals surface area contributed by atoms with Gasteiger partial charge in [-0.05, 0) is 244 Å². The Labute approximate surface area is 673 Å². The second-order valence-corrected chi connectivity index (χ2v) is 23.3. The Hall–Kier alpha value is -6.48. The number of fused-ring (bicyclic) bond motifs is 14. The number of rotatable bonds is 15. The Bertz CT molecular complexity index is 3300. The van der Waals surface area contributed by atoms with Crippen molar-refractivity contribution in [2.24, 2.45) is 0 Å². The standard InChI is InChI=1S/3C17H12.3C6H15N.3C5H13N.9C2H6/c1-3-7-15-12(5-1)9-10-14-11-13-6-2-4-8-16(13)17(14)15;1-3-7-14-12(5-1)9-10-16-15-8-4-2-6-13(15)11-17(14)16;1-2-6-13-11-17-15(9-12(13)5-1)10-14-7-3-4-8-16(14)17;3*1-4-7(5-2)6-3;3*1-4-6(3)5-2;9*1-2/h2*1-10H,11H2;1-9,11H,10H2;3*4-6H2,1-3H3;3*4-5H2,1-3H3;9*1-2H3. The Morgan fingerprint density at radius 3 is 0.824 bits per heavy atom. The molecule has 0 spiro atoms. The van der Waals surface area contributed by atoms with Gasteiger partial charge >= 0.3 is 0 Å². The maximum atomic E-state index is 2.38. The summed E-state index contributed by atoms with van der Waals surface area (Å²) >= 11 is 0. The highest BCUT2D eigenvalue weighted by molar-refractivity contribution is 6.01. The van der Waals surface area contributed by atoms with Gasteiger partial charge in [0.1, 0.15) is 0 Å². The highest BCUT2D eigenvalue weighted by Gasteiger charge is 2.21. The van der Waals surface area contributed by atoms with Crippen LogP contribution >= 0.6 is 0 Å². The van der Waals surface area contributed by atoms with E-state index in [-0.39, 0.29) is 0 Å². The van der Waals surface area contributed by atoms with Crippen molar-refractivity contribution < 1.29 is 0 Å². The molecule has 0 aliphatic heterocycles. The van der Waals surface area contributed by atoms with E-state index in [0.29, 0.717) is 0 Å². The molecule has 0 unspecified atom stereocenters. The fourth-order valence-corrected chi connectivity index (χ4v) is 11.3. The smallest absolute Gasteiger partial charge is 0.000729 e. The molecular weight excluding hydrogens is 1310 g/mol. The largest absolute Gasteiger partial charge is 0.307 e. The molecule has 9 aromatic carbocycles. The molecule has 12 rings (SSSR count). The molecule has 6 heteroatoms. The summed E-state index contributed by atoms with van der Waals surface area (Å²) in [7, 11) is 6.33. The topological polar surface area (TPSA) is 19.4 Å². The molecule has 0 saturated carbocycles. The van der Waals surface area contributed by atoms with Crippen molar-refractivity contribution in [2.45, 2.75) is 248 Å². The highest BCUT2D eigenvalue weighted by Crippen LogP contribution is 2.42. The van der Waals surface area contributed by atoms with E-state index in [4.69, 9.17) is 0 Å². The molecule has 6 nitrogen and oxygen atoms in total. The van der Waals surface area contributed by atoms with Crippen LogP contribution in [0.15, 0.2) is 182 Å². The van der Waals surface area contributed by atoms with E-state index in [9.17, 15) is 0 Å². The van der Waals surface area contributed by atoms with Crippen LogP contribution in [0.3, 0.4) is 0 Å². The van der Waals surface area contributed by atoms with E-state index in [1.54, 1.807) is 0 Å².